The van der Waals surface area contributed by atoms with Crippen LogP contribution in [0.15, 0.2) is 0 Å². The summed E-state index contributed by atoms with van der Waals surface area (Å²) >= 11 is 0. The Bertz CT molecular complexity index is 313. The molecular weight excluding hydrogens is 214 g/mol. The van der Waals surface area contributed by atoms with Crippen LogP contribution in [-0.2, 0) is 4.79 Å². The zero-order valence-corrected chi connectivity index (χ0v) is 11.3. The molecule has 0 bridgehead atoms. The highest BCUT2D eigenvalue weighted by Crippen LogP contribution is 2.52. The largest absolute Gasteiger partial charge is 0.394 e. The Labute approximate surface area is 104 Å². The Balaban J connectivity index is 1.97. The predicted octanol–water partition coefficient (Wildman–Crippen LogP) is 2.09. The van der Waals surface area contributed by atoms with E-state index in [-0.39, 0.29) is 29.4 Å². The molecular formula is C14H25NO2. The van der Waals surface area contributed by atoms with Gasteiger partial charge in [-0.15, -0.1) is 0 Å². The first-order valence-corrected chi connectivity index (χ1v) is 6.81. The minimum absolute atomic E-state index is 0.0796. The third-order valence-electron chi connectivity index (χ3n) is 4.61. The molecule has 0 aliphatic heterocycles. The zero-order chi connectivity index (χ0) is 12.7. The van der Waals surface area contributed by atoms with Crippen molar-refractivity contribution in [2.24, 2.45) is 17.3 Å². The van der Waals surface area contributed by atoms with Crippen LogP contribution in [0.3, 0.4) is 0 Å². The quantitative estimate of drug-likeness (QED) is 0.792. The number of hydrogen-bond acceptors (Lipinski definition) is 2. The molecule has 0 aromatic carbocycles. The van der Waals surface area contributed by atoms with Gasteiger partial charge in [0.1, 0.15) is 0 Å². The van der Waals surface area contributed by atoms with Crippen molar-refractivity contribution in [1.82, 2.24) is 5.32 Å². The van der Waals surface area contributed by atoms with E-state index in [1.54, 1.807) is 0 Å². The molecule has 3 unspecified atom stereocenters. The van der Waals surface area contributed by atoms with Crippen molar-refractivity contribution >= 4 is 5.91 Å². The summed E-state index contributed by atoms with van der Waals surface area (Å²) in [6, 6.07) is 0. The molecule has 2 aliphatic carbocycles. The summed E-state index contributed by atoms with van der Waals surface area (Å²) < 4.78 is 0. The van der Waals surface area contributed by atoms with Gasteiger partial charge in [0, 0.05) is 5.92 Å². The van der Waals surface area contributed by atoms with E-state index in [0.29, 0.717) is 5.92 Å². The van der Waals surface area contributed by atoms with Gasteiger partial charge in [0.25, 0.3) is 0 Å². The standard InChI is InChI=1S/C14H25NO2/c1-10-5-4-6-14(7-10,9-16)15-12(17)11-8-13(11,2)3/h10-11,16H,4-9H2,1-3H3,(H,15,17). The van der Waals surface area contributed by atoms with Gasteiger partial charge in [-0.1, -0.05) is 33.6 Å². The molecule has 3 atom stereocenters. The van der Waals surface area contributed by atoms with Crippen LogP contribution in [0, 0.1) is 17.3 Å². The van der Waals surface area contributed by atoms with Gasteiger partial charge in [-0.2, -0.15) is 0 Å². The van der Waals surface area contributed by atoms with Gasteiger partial charge in [0.2, 0.25) is 5.91 Å². The summed E-state index contributed by atoms with van der Waals surface area (Å²) in [5.74, 6) is 0.907. The van der Waals surface area contributed by atoms with Gasteiger partial charge in [0.05, 0.1) is 12.1 Å². The van der Waals surface area contributed by atoms with Crippen LogP contribution in [0.5, 0.6) is 0 Å². The van der Waals surface area contributed by atoms with Crippen LogP contribution in [0.1, 0.15) is 52.9 Å². The number of hydrogen-bond donors (Lipinski definition) is 2. The monoisotopic (exact) mass is 239 g/mol. The summed E-state index contributed by atoms with van der Waals surface area (Å²) in [5, 5.41) is 12.8. The van der Waals surface area contributed by atoms with Gasteiger partial charge in [-0.25, -0.2) is 0 Å². The Morgan fingerprint density at radius 3 is 2.53 bits per heavy atom. The van der Waals surface area contributed by atoms with Crippen molar-refractivity contribution in [3.63, 3.8) is 0 Å². The van der Waals surface area contributed by atoms with E-state index in [4.69, 9.17) is 0 Å². The lowest BCUT2D eigenvalue weighted by atomic mass is 9.76. The molecule has 0 spiro atoms. The molecule has 2 saturated carbocycles. The lowest BCUT2D eigenvalue weighted by molar-refractivity contribution is -0.126. The van der Waals surface area contributed by atoms with Gasteiger partial charge >= 0.3 is 0 Å². The fourth-order valence-corrected chi connectivity index (χ4v) is 3.22. The summed E-state index contributed by atoms with van der Waals surface area (Å²) in [6.07, 6.45) is 5.15. The molecule has 2 fully saturated rings. The summed E-state index contributed by atoms with van der Waals surface area (Å²) in [4.78, 5) is 12.1. The number of carbonyl (C=O) groups is 1. The first kappa shape index (κ1) is 12.9. The lowest BCUT2D eigenvalue weighted by Crippen LogP contribution is -2.54. The zero-order valence-electron chi connectivity index (χ0n) is 11.3. The van der Waals surface area contributed by atoms with E-state index in [1.807, 2.05) is 0 Å². The second-order valence-electron chi connectivity index (χ2n) is 6.87. The van der Waals surface area contributed by atoms with Crippen LogP contribution >= 0.6 is 0 Å². The van der Waals surface area contributed by atoms with Gasteiger partial charge in [0.15, 0.2) is 0 Å². The maximum absolute atomic E-state index is 12.1. The van der Waals surface area contributed by atoms with E-state index in [0.717, 1.165) is 25.7 Å². The number of carbonyl (C=O) groups excluding carboxylic acids is 1. The Morgan fingerprint density at radius 1 is 1.41 bits per heavy atom. The highest BCUT2D eigenvalue weighted by atomic mass is 16.3. The maximum atomic E-state index is 12.1. The fraction of sp³-hybridized carbons (Fsp3) is 0.929. The van der Waals surface area contributed by atoms with E-state index in [9.17, 15) is 9.90 Å². The lowest BCUT2D eigenvalue weighted by Gasteiger charge is -2.39. The smallest absolute Gasteiger partial charge is 0.224 e. The number of aliphatic hydroxyl groups is 1. The van der Waals surface area contributed by atoms with Gasteiger partial charge in [-0.3, -0.25) is 4.79 Å². The number of nitrogens with one attached hydrogen (secondary N) is 1. The third kappa shape index (κ3) is 2.65. The third-order valence-corrected chi connectivity index (χ3v) is 4.61. The second-order valence-corrected chi connectivity index (χ2v) is 6.87. The number of rotatable bonds is 3. The number of aliphatic hydroxyl groups excluding tert-OH is 1. The first-order chi connectivity index (χ1) is 7.88. The van der Waals surface area contributed by atoms with E-state index >= 15 is 0 Å². The SMILES string of the molecule is CC1CCCC(CO)(NC(=O)C2CC2(C)C)C1. The summed E-state index contributed by atoms with van der Waals surface area (Å²) in [7, 11) is 0. The Morgan fingerprint density at radius 2 is 2.06 bits per heavy atom. The molecule has 2 aliphatic rings. The predicted molar refractivity (Wildman–Crippen MR) is 67.5 cm³/mol. The van der Waals surface area contributed by atoms with Crippen molar-refractivity contribution in [2.45, 2.75) is 58.4 Å². The molecule has 0 aromatic rings. The molecule has 0 aromatic heterocycles. The van der Waals surface area contributed by atoms with Crippen LogP contribution in [0.25, 0.3) is 0 Å². The highest BCUT2D eigenvalue weighted by molar-refractivity contribution is 5.83. The summed E-state index contributed by atoms with van der Waals surface area (Å²) in [6.45, 7) is 6.55. The second kappa shape index (κ2) is 4.27. The molecule has 0 radical (unpaired) electrons. The molecule has 17 heavy (non-hydrogen) atoms. The van der Waals surface area contributed by atoms with Crippen LogP contribution < -0.4 is 5.32 Å². The average Bonchev–Trinajstić information content (AvgIpc) is 2.88. The van der Waals surface area contributed by atoms with Gasteiger partial charge in [-0.05, 0) is 30.6 Å². The minimum atomic E-state index is -0.340. The van der Waals surface area contributed by atoms with Crippen LogP contribution in [-0.4, -0.2) is 23.2 Å². The van der Waals surface area contributed by atoms with Crippen molar-refractivity contribution in [2.75, 3.05) is 6.61 Å². The van der Waals surface area contributed by atoms with Crippen LogP contribution in [0.2, 0.25) is 0 Å². The number of amides is 1. The van der Waals surface area contributed by atoms with Crippen molar-refractivity contribution < 1.29 is 9.90 Å². The molecule has 2 rings (SSSR count). The van der Waals surface area contributed by atoms with Crippen molar-refractivity contribution in [3.8, 4) is 0 Å². The van der Waals surface area contributed by atoms with E-state index < -0.39 is 0 Å². The fourth-order valence-electron chi connectivity index (χ4n) is 3.22. The normalized spacial score (nSPS) is 39.8. The molecule has 3 nitrogen and oxygen atoms in total. The van der Waals surface area contributed by atoms with E-state index in [2.05, 4.69) is 26.1 Å². The van der Waals surface area contributed by atoms with E-state index in [1.165, 1.54) is 6.42 Å². The summed E-state index contributed by atoms with van der Waals surface area (Å²) in [5.41, 5.74) is -0.172. The molecule has 98 valence electrons. The van der Waals surface area contributed by atoms with Crippen molar-refractivity contribution in [1.29, 1.82) is 0 Å². The minimum Gasteiger partial charge on any atom is -0.394 e. The first-order valence-electron chi connectivity index (χ1n) is 6.81. The Hall–Kier alpha value is -0.570. The van der Waals surface area contributed by atoms with Gasteiger partial charge < -0.3 is 10.4 Å². The average molecular weight is 239 g/mol. The van der Waals surface area contributed by atoms with Crippen LogP contribution in [0.4, 0.5) is 0 Å². The molecule has 3 heteroatoms. The molecule has 0 heterocycles. The molecule has 1 amide bonds. The topological polar surface area (TPSA) is 49.3 Å². The molecule has 2 N–H and O–H groups in total. The Kier molecular flexibility index (Phi) is 3.23. The van der Waals surface area contributed by atoms with Crippen molar-refractivity contribution in [3.05, 3.63) is 0 Å². The molecule has 0 saturated heterocycles. The highest BCUT2D eigenvalue weighted by Gasteiger charge is 2.52. The maximum Gasteiger partial charge on any atom is 0.224 e.